The SMILES string of the molecule is CCOc1ccc2c(c1)Cc1cc(Br)ccc1-2. The van der Waals surface area contributed by atoms with Crippen LogP contribution < -0.4 is 4.74 Å². The lowest BCUT2D eigenvalue weighted by atomic mass is 10.1. The van der Waals surface area contributed by atoms with Gasteiger partial charge in [0.25, 0.3) is 0 Å². The topological polar surface area (TPSA) is 9.23 Å². The predicted molar refractivity (Wildman–Crippen MR) is 73.6 cm³/mol. The molecule has 0 atom stereocenters. The molecule has 0 bridgehead atoms. The molecule has 0 saturated heterocycles. The summed E-state index contributed by atoms with van der Waals surface area (Å²) in [6, 6.07) is 12.9. The van der Waals surface area contributed by atoms with E-state index in [0.29, 0.717) is 0 Å². The molecular formula is C15H13BrO. The summed E-state index contributed by atoms with van der Waals surface area (Å²) in [6.45, 7) is 2.73. The van der Waals surface area contributed by atoms with Crippen molar-refractivity contribution in [2.45, 2.75) is 13.3 Å². The van der Waals surface area contributed by atoms with Crippen molar-refractivity contribution in [2.24, 2.45) is 0 Å². The molecule has 0 radical (unpaired) electrons. The van der Waals surface area contributed by atoms with E-state index >= 15 is 0 Å². The molecule has 2 aromatic rings. The Kier molecular flexibility index (Phi) is 2.67. The lowest BCUT2D eigenvalue weighted by molar-refractivity contribution is 0.340. The highest BCUT2D eigenvalue weighted by Gasteiger charge is 2.18. The second-order valence-corrected chi connectivity index (χ2v) is 5.15. The largest absolute Gasteiger partial charge is 0.494 e. The first-order chi connectivity index (χ1) is 8.28. The van der Waals surface area contributed by atoms with E-state index in [9.17, 15) is 0 Å². The monoisotopic (exact) mass is 288 g/mol. The summed E-state index contributed by atoms with van der Waals surface area (Å²) in [4.78, 5) is 0. The predicted octanol–water partition coefficient (Wildman–Crippen LogP) is 4.42. The third-order valence-electron chi connectivity index (χ3n) is 3.13. The summed E-state index contributed by atoms with van der Waals surface area (Å²) < 4.78 is 6.69. The molecule has 0 saturated carbocycles. The van der Waals surface area contributed by atoms with Gasteiger partial charge in [-0.1, -0.05) is 28.1 Å². The van der Waals surface area contributed by atoms with Crippen LogP contribution in [0, 0.1) is 0 Å². The molecule has 0 aromatic heterocycles. The van der Waals surface area contributed by atoms with Gasteiger partial charge in [0.1, 0.15) is 5.75 Å². The number of halogens is 1. The first-order valence-electron chi connectivity index (χ1n) is 5.82. The van der Waals surface area contributed by atoms with Gasteiger partial charge in [-0.15, -0.1) is 0 Å². The second kappa shape index (κ2) is 4.19. The van der Waals surface area contributed by atoms with Crippen molar-refractivity contribution in [3.63, 3.8) is 0 Å². The third kappa shape index (κ3) is 1.87. The van der Waals surface area contributed by atoms with Crippen LogP contribution in [0.3, 0.4) is 0 Å². The van der Waals surface area contributed by atoms with Crippen molar-refractivity contribution >= 4 is 15.9 Å². The number of fused-ring (bicyclic) bond motifs is 3. The number of hydrogen-bond donors (Lipinski definition) is 0. The van der Waals surface area contributed by atoms with Gasteiger partial charge in [0.2, 0.25) is 0 Å². The van der Waals surface area contributed by atoms with Gasteiger partial charge < -0.3 is 4.74 Å². The minimum Gasteiger partial charge on any atom is -0.494 e. The molecule has 1 aliphatic rings. The number of hydrogen-bond acceptors (Lipinski definition) is 1. The summed E-state index contributed by atoms with van der Waals surface area (Å²) in [6.07, 6.45) is 1.00. The van der Waals surface area contributed by atoms with Crippen LogP contribution in [0.4, 0.5) is 0 Å². The second-order valence-electron chi connectivity index (χ2n) is 4.23. The Hall–Kier alpha value is -1.28. The highest BCUT2D eigenvalue weighted by atomic mass is 79.9. The van der Waals surface area contributed by atoms with Crippen molar-refractivity contribution in [3.8, 4) is 16.9 Å². The summed E-state index contributed by atoms with van der Waals surface area (Å²) in [7, 11) is 0. The maximum Gasteiger partial charge on any atom is 0.119 e. The molecule has 0 aliphatic heterocycles. The number of rotatable bonds is 2. The third-order valence-corrected chi connectivity index (χ3v) is 3.62. The molecule has 3 rings (SSSR count). The molecule has 86 valence electrons. The summed E-state index contributed by atoms with van der Waals surface area (Å²) >= 11 is 3.52. The summed E-state index contributed by atoms with van der Waals surface area (Å²) in [5.74, 6) is 0.970. The molecule has 1 nitrogen and oxygen atoms in total. The van der Waals surface area contributed by atoms with Gasteiger partial charge in [-0.3, -0.25) is 0 Å². The van der Waals surface area contributed by atoms with E-state index < -0.39 is 0 Å². The van der Waals surface area contributed by atoms with Gasteiger partial charge in [-0.2, -0.15) is 0 Å². The Labute approximate surface area is 110 Å². The fourth-order valence-electron chi connectivity index (χ4n) is 2.41. The van der Waals surface area contributed by atoms with Gasteiger partial charge in [-0.25, -0.2) is 0 Å². The average molecular weight is 289 g/mol. The molecule has 2 aromatic carbocycles. The Bertz CT molecular complexity index is 575. The fraction of sp³-hybridized carbons (Fsp3) is 0.200. The van der Waals surface area contributed by atoms with E-state index in [1.165, 1.54) is 22.3 Å². The van der Waals surface area contributed by atoms with Crippen LogP contribution in [0.15, 0.2) is 40.9 Å². The van der Waals surface area contributed by atoms with E-state index in [0.717, 1.165) is 23.2 Å². The zero-order valence-electron chi connectivity index (χ0n) is 9.66. The van der Waals surface area contributed by atoms with Crippen molar-refractivity contribution in [3.05, 3.63) is 52.0 Å². The molecule has 0 fully saturated rings. The van der Waals surface area contributed by atoms with Crippen LogP contribution in [-0.4, -0.2) is 6.61 Å². The molecular weight excluding hydrogens is 276 g/mol. The van der Waals surface area contributed by atoms with Crippen molar-refractivity contribution in [1.82, 2.24) is 0 Å². The quantitative estimate of drug-likeness (QED) is 0.678. The van der Waals surface area contributed by atoms with Crippen LogP contribution in [0.5, 0.6) is 5.75 Å². The Morgan fingerprint density at radius 3 is 2.53 bits per heavy atom. The van der Waals surface area contributed by atoms with E-state index in [4.69, 9.17) is 4.74 Å². The highest BCUT2D eigenvalue weighted by Crippen LogP contribution is 2.39. The molecule has 0 unspecified atom stereocenters. The smallest absolute Gasteiger partial charge is 0.119 e. The maximum absolute atomic E-state index is 5.54. The molecule has 0 heterocycles. The van der Waals surface area contributed by atoms with E-state index in [1.807, 2.05) is 6.92 Å². The van der Waals surface area contributed by atoms with Crippen LogP contribution >= 0.6 is 15.9 Å². The molecule has 17 heavy (non-hydrogen) atoms. The minimum absolute atomic E-state index is 0.720. The van der Waals surface area contributed by atoms with Gasteiger partial charge in [0.15, 0.2) is 0 Å². The van der Waals surface area contributed by atoms with Gasteiger partial charge >= 0.3 is 0 Å². The van der Waals surface area contributed by atoms with Gasteiger partial charge in [-0.05, 0) is 59.9 Å². The number of benzene rings is 2. The zero-order chi connectivity index (χ0) is 11.8. The molecule has 1 aliphatic carbocycles. The van der Waals surface area contributed by atoms with E-state index in [-0.39, 0.29) is 0 Å². The average Bonchev–Trinajstić information content (AvgIpc) is 2.65. The Morgan fingerprint density at radius 2 is 1.76 bits per heavy atom. The maximum atomic E-state index is 5.54. The molecule has 0 amide bonds. The Balaban J connectivity index is 2.06. The van der Waals surface area contributed by atoms with Gasteiger partial charge in [0.05, 0.1) is 6.61 Å². The normalized spacial score (nSPS) is 12.1. The van der Waals surface area contributed by atoms with E-state index in [1.54, 1.807) is 0 Å². The minimum atomic E-state index is 0.720. The zero-order valence-corrected chi connectivity index (χ0v) is 11.3. The first-order valence-corrected chi connectivity index (χ1v) is 6.62. The van der Waals surface area contributed by atoms with Gasteiger partial charge in [0, 0.05) is 4.47 Å². The molecule has 2 heteroatoms. The van der Waals surface area contributed by atoms with Crippen molar-refractivity contribution in [1.29, 1.82) is 0 Å². The van der Waals surface area contributed by atoms with Crippen LogP contribution in [0.25, 0.3) is 11.1 Å². The number of ether oxygens (including phenoxy) is 1. The van der Waals surface area contributed by atoms with Crippen molar-refractivity contribution in [2.75, 3.05) is 6.61 Å². The van der Waals surface area contributed by atoms with Crippen LogP contribution in [-0.2, 0) is 6.42 Å². The molecule has 0 N–H and O–H groups in total. The van der Waals surface area contributed by atoms with Crippen LogP contribution in [0.1, 0.15) is 18.1 Å². The highest BCUT2D eigenvalue weighted by molar-refractivity contribution is 9.10. The first kappa shape index (κ1) is 10.8. The summed E-state index contributed by atoms with van der Waals surface area (Å²) in [5.41, 5.74) is 5.45. The van der Waals surface area contributed by atoms with Crippen LogP contribution in [0.2, 0.25) is 0 Å². The summed E-state index contributed by atoms with van der Waals surface area (Å²) in [5, 5.41) is 0. The lowest BCUT2D eigenvalue weighted by Crippen LogP contribution is -1.92. The fourth-order valence-corrected chi connectivity index (χ4v) is 2.82. The molecule has 0 spiro atoms. The van der Waals surface area contributed by atoms with E-state index in [2.05, 4.69) is 52.3 Å². The standard InChI is InChI=1S/C15H13BrO/c1-2-17-13-4-6-15-11(9-13)7-10-8-12(16)3-5-14(10)15/h3-6,8-9H,2,7H2,1H3. The lowest BCUT2D eigenvalue weighted by Gasteiger charge is -2.05. The van der Waals surface area contributed by atoms with Crippen molar-refractivity contribution < 1.29 is 4.74 Å². The Morgan fingerprint density at radius 1 is 1.06 bits per heavy atom.